The Morgan fingerprint density at radius 1 is 0.452 bits per heavy atom. The minimum atomic E-state index is -4.25. The third-order valence-corrected chi connectivity index (χ3v) is 5.86. The van der Waals surface area contributed by atoms with E-state index in [0.29, 0.717) is 0 Å². The van der Waals surface area contributed by atoms with Gasteiger partial charge in [-0.2, -0.15) is 0 Å². The average Bonchev–Trinajstić information content (AvgIpc) is 3.43. The summed E-state index contributed by atoms with van der Waals surface area (Å²) in [5, 5.41) is 0. The fourth-order valence-electron chi connectivity index (χ4n) is 2.57. The van der Waals surface area contributed by atoms with E-state index in [4.69, 9.17) is 18.1 Å². The van der Waals surface area contributed by atoms with Crippen LogP contribution < -0.4 is 9.79 Å². The van der Waals surface area contributed by atoms with Gasteiger partial charge in [-0.3, -0.25) is 9.13 Å². The maximum Gasteiger partial charge on any atom is 2.00 e. The first kappa shape index (κ1) is 26.2. The molecule has 0 spiro atoms. The van der Waals surface area contributed by atoms with Gasteiger partial charge in [-0.25, -0.2) is 0 Å². The summed E-state index contributed by atoms with van der Waals surface area (Å²) >= 11 is 0. The molecule has 0 N–H and O–H groups in total. The molecular weight excluding hydrogens is 454 g/mol. The van der Waals surface area contributed by atoms with Crippen LogP contribution >= 0.6 is 15.6 Å². The summed E-state index contributed by atoms with van der Waals surface area (Å²) in [5.41, 5.74) is 0. The first-order valence-corrected chi connectivity index (χ1v) is 12.0. The second-order valence-electron chi connectivity index (χ2n) is 6.25. The van der Waals surface area contributed by atoms with Crippen LogP contribution in [0.4, 0.5) is 0 Å². The fraction of sp³-hybridized carbons (Fsp3) is 0.200. The van der Waals surface area contributed by atoms with E-state index in [9.17, 15) is 18.9 Å². The maximum absolute atomic E-state index is 11.4. The molecule has 0 fully saturated rings. The smallest absolute Gasteiger partial charge is 0.756 e. The second-order valence-corrected chi connectivity index (χ2v) is 8.89. The van der Waals surface area contributed by atoms with E-state index in [1.807, 2.05) is 0 Å². The minimum Gasteiger partial charge on any atom is -0.756 e. The Labute approximate surface area is 197 Å². The van der Waals surface area contributed by atoms with E-state index >= 15 is 0 Å². The molecule has 0 aliphatic heterocycles. The Morgan fingerprint density at radius 3 is 0.774 bits per heavy atom. The minimum absolute atomic E-state index is 0. The van der Waals surface area contributed by atoms with Crippen LogP contribution in [0.2, 0.25) is 0 Å². The van der Waals surface area contributed by atoms with E-state index in [-0.39, 0.29) is 23.1 Å². The zero-order chi connectivity index (χ0) is 21.5. The predicted octanol–water partition coefficient (Wildman–Crippen LogP) is 2.57. The monoisotopic (exact) mass is 474 g/mol. The molecule has 0 saturated heterocycles. The van der Waals surface area contributed by atoms with Crippen molar-refractivity contribution in [2.45, 2.75) is 24.4 Å². The van der Waals surface area contributed by atoms with Crippen molar-refractivity contribution in [3.8, 4) is 0 Å². The quantitative estimate of drug-likeness (QED) is 0.389. The van der Waals surface area contributed by atoms with Crippen LogP contribution in [-0.2, 0) is 27.2 Å². The molecular formula is C20H20MgO8P2. The van der Waals surface area contributed by atoms with Gasteiger partial charge in [0.2, 0.25) is 0 Å². The summed E-state index contributed by atoms with van der Waals surface area (Å²) in [6.07, 6.45) is 24.7. The molecule has 0 heterocycles. The maximum atomic E-state index is 11.4. The summed E-state index contributed by atoms with van der Waals surface area (Å²) < 4.78 is 42.0. The Hall–Kier alpha value is -1.09. The van der Waals surface area contributed by atoms with Crippen LogP contribution in [0.15, 0.2) is 97.2 Å². The Kier molecular flexibility index (Phi) is 10.3. The van der Waals surface area contributed by atoms with Crippen molar-refractivity contribution in [2.75, 3.05) is 0 Å². The van der Waals surface area contributed by atoms with Gasteiger partial charge in [0.15, 0.2) is 0 Å². The van der Waals surface area contributed by atoms with Crippen molar-refractivity contribution in [1.29, 1.82) is 0 Å². The van der Waals surface area contributed by atoms with Gasteiger partial charge in [-0.15, -0.1) is 0 Å². The molecule has 0 saturated carbocycles. The number of phosphoric ester groups is 2. The molecule has 4 aliphatic carbocycles. The Bertz CT molecular complexity index is 755. The van der Waals surface area contributed by atoms with Gasteiger partial charge < -0.3 is 27.9 Å². The first-order chi connectivity index (χ1) is 14.3. The molecule has 8 nitrogen and oxygen atoms in total. The first-order valence-electron chi connectivity index (χ1n) is 9.07. The zero-order valence-electron chi connectivity index (χ0n) is 16.4. The fourth-order valence-corrected chi connectivity index (χ4v) is 4.43. The molecule has 0 aromatic carbocycles. The summed E-state index contributed by atoms with van der Waals surface area (Å²) in [6, 6.07) is 0. The van der Waals surface area contributed by atoms with Gasteiger partial charge in [0.05, 0.1) is 0 Å². The van der Waals surface area contributed by atoms with Crippen molar-refractivity contribution in [3.05, 3.63) is 97.2 Å². The van der Waals surface area contributed by atoms with Crippen molar-refractivity contribution in [2.24, 2.45) is 0 Å². The molecule has 0 atom stereocenters. The van der Waals surface area contributed by atoms with Gasteiger partial charge in [0, 0.05) is 0 Å². The van der Waals surface area contributed by atoms with Gasteiger partial charge in [0.1, 0.15) is 24.4 Å². The second kappa shape index (κ2) is 12.2. The van der Waals surface area contributed by atoms with Crippen molar-refractivity contribution < 1.29 is 37.0 Å². The standard InChI is InChI=1S/2C10H11O4P.Mg/c2*11-15(12,13-9-5-1-2-6-9)14-10-7-3-4-8-10;/h2*1-10H,(H,11,12);/q;;+2/p-2. The van der Waals surface area contributed by atoms with E-state index in [0.717, 1.165) is 0 Å². The number of hydrogen-bond donors (Lipinski definition) is 0. The summed E-state index contributed by atoms with van der Waals surface area (Å²) in [5.74, 6) is 0. The van der Waals surface area contributed by atoms with Crippen molar-refractivity contribution >= 4 is 38.7 Å². The molecule has 160 valence electrons. The van der Waals surface area contributed by atoms with Gasteiger partial charge >= 0.3 is 23.1 Å². The van der Waals surface area contributed by atoms with Gasteiger partial charge in [0.25, 0.3) is 15.6 Å². The third kappa shape index (κ3) is 9.51. The van der Waals surface area contributed by atoms with E-state index in [1.54, 1.807) is 97.2 Å². The molecule has 0 bridgehead atoms. The van der Waals surface area contributed by atoms with E-state index in [2.05, 4.69) is 0 Å². The molecule has 0 unspecified atom stereocenters. The van der Waals surface area contributed by atoms with Crippen LogP contribution in [0.25, 0.3) is 0 Å². The third-order valence-electron chi connectivity index (χ3n) is 3.85. The van der Waals surface area contributed by atoms with Gasteiger partial charge in [-0.1, -0.05) is 97.2 Å². The Morgan fingerprint density at radius 2 is 0.613 bits per heavy atom. The van der Waals surface area contributed by atoms with E-state index < -0.39 is 40.1 Å². The van der Waals surface area contributed by atoms with Crippen molar-refractivity contribution in [3.63, 3.8) is 0 Å². The predicted molar refractivity (Wildman–Crippen MR) is 114 cm³/mol. The summed E-state index contributed by atoms with van der Waals surface area (Å²) in [4.78, 5) is 22.8. The zero-order valence-corrected chi connectivity index (χ0v) is 19.6. The SMILES string of the molecule is O=P([O-])(OC1C=CC=C1)OC1C=CC=C1.O=P([O-])(OC1C=CC=C1)OC1C=CC=C1.[Mg+2]. The molecule has 4 aliphatic rings. The molecule has 0 radical (unpaired) electrons. The van der Waals surface area contributed by atoms with Crippen LogP contribution in [0.5, 0.6) is 0 Å². The largest absolute Gasteiger partial charge is 2.00 e. The molecule has 0 amide bonds. The van der Waals surface area contributed by atoms with Crippen LogP contribution in [0, 0.1) is 0 Å². The number of allylic oxidation sites excluding steroid dienone is 8. The summed E-state index contributed by atoms with van der Waals surface area (Å²) in [7, 11) is -8.49. The van der Waals surface area contributed by atoms with Crippen molar-refractivity contribution in [1.82, 2.24) is 0 Å². The van der Waals surface area contributed by atoms with Crippen LogP contribution in [0.1, 0.15) is 0 Å². The average molecular weight is 475 g/mol. The number of hydrogen-bond acceptors (Lipinski definition) is 8. The molecule has 31 heavy (non-hydrogen) atoms. The number of phosphoric acid groups is 2. The van der Waals surface area contributed by atoms with E-state index in [1.165, 1.54) is 0 Å². The number of rotatable bonds is 8. The topological polar surface area (TPSA) is 117 Å². The van der Waals surface area contributed by atoms with Gasteiger partial charge in [-0.05, 0) is 0 Å². The molecule has 11 heteroatoms. The Balaban J connectivity index is 0.000000213. The molecule has 0 aromatic heterocycles. The molecule has 4 rings (SSSR count). The van der Waals surface area contributed by atoms with Crippen LogP contribution in [0.3, 0.4) is 0 Å². The molecule has 0 aromatic rings. The summed E-state index contributed by atoms with van der Waals surface area (Å²) in [6.45, 7) is 0. The normalized spacial score (nSPS) is 20.2. The van der Waals surface area contributed by atoms with Crippen LogP contribution in [-0.4, -0.2) is 47.5 Å².